The number of carboxylic acid groups (broad SMARTS) is 1. The second-order valence-electron chi connectivity index (χ2n) is 8.99. The first kappa shape index (κ1) is 29.4. The van der Waals surface area contributed by atoms with Crippen LogP contribution in [0.2, 0.25) is 0 Å². The Hall–Kier alpha value is -2.60. The molecule has 12 heteroatoms. The molecular weight excluding hydrogens is 460 g/mol. The summed E-state index contributed by atoms with van der Waals surface area (Å²) in [7, 11) is 0. The molecule has 7 N–H and O–H groups in total. The topological polar surface area (TPSA) is 179 Å². The van der Waals surface area contributed by atoms with Gasteiger partial charge in [-0.1, -0.05) is 27.7 Å². The number of amides is 3. The zero-order valence-corrected chi connectivity index (χ0v) is 21.3. The number of aromatic amines is 1. The van der Waals surface area contributed by atoms with Gasteiger partial charge in [0.05, 0.1) is 12.4 Å². The van der Waals surface area contributed by atoms with Gasteiger partial charge < -0.3 is 31.8 Å². The van der Waals surface area contributed by atoms with Crippen molar-refractivity contribution in [3.05, 3.63) is 18.2 Å². The molecule has 0 aromatic carbocycles. The first-order chi connectivity index (χ1) is 16.0. The normalized spacial score (nSPS) is 14.8. The number of nitrogens with two attached hydrogens (primary N) is 1. The highest BCUT2D eigenvalue weighted by Gasteiger charge is 2.31. The SMILES string of the molecule is CSCCC(NC(=O)C(NC(=O)C(N)Cc1cnc[nH]1)C(C)C)C(=O)NC(CC(C)C)C(=O)O. The van der Waals surface area contributed by atoms with Crippen LogP contribution >= 0.6 is 11.8 Å². The van der Waals surface area contributed by atoms with Gasteiger partial charge in [-0.05, 0) is 36.7 Å². The number of hydrogen-bond donors (Lipinski definition) is 6. The molecular formula is C22H38N6O5S. The van der Waals surface area contributed by atoms with Gasteiger partial charge in [-0.3, -0.25) is 14.4 Å². The van der Waals surface area contributed by atoms with Crippen LogP contribution in [-0.2, 0) is 25.6 Å². The van der Waals surface area contributed by atoms with E-state index in [2.05, 4.69) is 25.9 Å². The van der Waals surface area contributed by atoms with E-state index in [0.29, 0.717) is 17.9 Å². The number of carboxylic acids is 1. The molecule has 0 bridgehead atoms. The van der Waals surface area contributed by atoms with Gasteiger partial charge in [-0.2, -0.15) is 11.8 Å². The molecule has 1 aromatic heterocycles. The molecule has 34 heavy (non-hydrogen) atoms. The molecule has 0 aliphatic rings. The van der Waals surface area contributed by atoms with Crippen molar-refractivity contribution in [2.75, 3.05) is 12.0 Å². The zero-order chi connectivity index (χ0) is 25.8. The number of imidazole rings is 1. The molecule has 0 fully saturated rings. The molecule has 1 aromatic rings. The van der Waals surface area contributed by atoms with Gasteiger partial charge in [0, 0.05) is 18.3 Å². The molecule has 4 atom stereocenters. The highest BCUT2D eigenvalue weighted by Crippen LogP contribution is 2.09. The Kier molecular flexibility index (Phi) is 12.7. The summed E-state index contributed by atoms with van der Waals surface area (Å²) in [5.41, 5.74) is 6.67. The second-order valence-corrected chi connectivity index (χ2v) is 9.97. The van der Waals surface area contributed by atoms with Crippen LogP contribution in [-0.4, -0.2) is 74.9 Å². The summed E-state index contributed by atoms with van der Waals surface area (Å²) >= 11 is 1.50. The lowest BCUT2D eigenvalue weighted by Gasteiger charge is -2.27. The third-order valence-electron chi connectivity index (χ3n) is 5.14. The highest BCUT2D eigenvalue weighted by atomic mass is 32.2. The molecule has 0 saturated carbocycles. The number of rotatable bonds is 15. The van der Waals surface area contributed by atoms with Gasteiger partial charge in [-0.15, -0.1) is 0 Å². The summed E-state index contributed by atoms with van der Waals surface area (Å²) in [6.45, 7) is 7.26. The summed E-state index contributed by atoms with van der Waals surface area (Å²) in [5, 5.41) is 17.3. The Morgan fingerprint density at radius 1 is 1.06 bits per heavy atom. The average Bonchev–Trinajstić information content (AvgIpc) is 3.26. The Morgan fingerprint density at radius 3 is 2.21 bits per heavy atom. The molecule has 0 aliphatic carbocycles. The standard InChI is InChI=1S/C22H38N6O5S/c1-12(2)8-17(22(32)33)27-20(30)16(6-7-34-5)26-21(31)18(13(3)4)28-19(29)15(23)9-14-10-24-11-25-14/h10-13,15-18H,6-9,23H2,1-5H3,(H,24,25)(H,26,31)(H,27,30)(H,28,29)(H,32,33). The van der Waals surface area contributed by atoms with E-state index in [1.165, 1.54) is 18.1 Å². The fraction of sp³-hybridized carbons (Fsp3) is 0.682. The van der Waals surface area contributed by atoms with Crippen LogP contribution in [0.4, 0.5) is 0 Å². The van der Waals surface area contributed by atoms with Crippen LogP contribution in [0.1, 0.15) is 46.2 Å². The number of nitrogens with zero attached hydrogens (tertiary/aromatic N) is 1. The van der Waals surface area contributed by atoms with Gasteiger partial charge in [-0.25, -0.2) is 9.78 Å². The first-order valence-corrected chi connectivity index (χ1v) is 12.7. The number of H-pyrrole nitrogens is 1. The Bertz CT molecular complexity index is 802. The van der Waals surface area contributed by atoms with Gasteiger partial charge in [0.2, 0.25) is 17.7 Å². The van der Waals surface area contributed by atoms with E-state index < -0.39 is 47.9 Å². The molecule has 1 rings (SSSR count). The number of hydrogen-bond acceptors (Lipinski definition) is 7. The van der Waals surface area contributed by atoms with Crippen LogP contribution < -0.4 is 21.7 Å². The zero-order valence-electron chi connectivity index (χ0n) is 20.5. The predicted molar refractivity (Wildman–Crippen MR) is 131 cm³/mol. The van der Waals surface area contributed by atoms with Crippen LogP contribution in [0.5, 0.6) is 0 Å². The van der Waals surface area contributed by atoms with E-state index in [9.17, 15) is 24.3 Å². The van der Waals surface area contributed by atoms with Crippen molar-refractivity contribution in [2.45, 2.75) is 71.1 Å². The van der Waals surface area contributed by atoms with Crippen molar-refractivity contribution >= 4 is 35.5 Å². The average molecular weight is 499 g/mol. The summed E-state index contributed by atoms with van der Waals surface area (Å²) in [5.74, 6) is -2.37. The van der Waals surface area contributed by atoms with E-state index in [-0.39, 0.29) is 24.7 Å². The van der Waals surface area contributed by atoms with E-state index in [1.807, 2.05) is 20.1 Å². The maximum Gasteiger partial charge on any atom is 0.326 e. The summed E-state index contributed by atoms with van der Waals surface area (Å²) in [4.78, 5) is 56.8. The smallest absolute Gasteiger partial charge is 0.326 e. The third-order valence-corrected chi connectivity index (χ3v) is 5.79. The van der Waals surface area contributed by atoms with Crippen LogP contribution in [0.3, 0.4) is 0 Å². The van der Waals surface area contributed by atoms with Crippen LogP contribution in [0.15, 0.2) is 12.5 Å². The fourth-order valence-electron chi connectivity index (χ4n) is 3.25. The first-order valence-electron chi connectivity index (χ1n) is 11.3. The lowest BCUT2D eigenvalue weighted by atomic mass is 10.0. The minimum absolute atomic E-state index is 0.0622. The summed E-state index contributed by atoms with van der Waals surface area (Å²) in [6.07, 6.45) is 5.73. The quantitative estimate of drug-likeness (QED) is 0.199. The molecule has 4 unspecified atom stereocenters. The van der Waals surface area contributed by atoms with Crippen molar-refractivity contribution < 1.29 is 24.3 Å². The molecule has 0 radical (unpaired) electrons. The number of aliphatic carboxylic acids is 1. The van der Waals surface area contributed by atoms with Gasteiger partial charge in [0.15, 0.2) is 0 Å². The van der Waals surface area contributed by atoms with Crippen molar-refractivity contribution in [2.24, 2.45) is 17.6 Å². The molecule has 192 valence electrons. The van der Waals surface area contributed by atoms with Crippen molar-refractivity contribution in [3.8, 4) is 0 Å². The Labute approximate surface area is 204 Å². The predicted octanol–water partition coefficient (Wildman–Crippen LogP) is 0.274. The van der Waals surface area contributed by atoms with Crippen molar-refractivity contribution in [1.29, 1.82) is 0 Å². The molecule has 0 aliphatic heterocycles. The van der Waals surface area contributed by atoms with E-state index >= 15 is 0 Å². The molecule has 3 amide bonds. The number of thioether (sulfide) groups is 1. The van der Waals surface area contributed by atoms with Crippen LogP contribution in [0, 0.1) is 11.8 Å². The number of nitrogens with one attached hydrogen (secondary N) is 4. The van der Waals surface area contributed by atoms with Crippen LogP contribution in [0.25, 0.3) is 0 Å². The van der Waals surface area contributed by atoms with Gasteiger partial charge >= 0.3 is 5.97 Å². The van der Waals surface area contributed by atoms with E-state index in [1.54, 1.807) is 20.0 Å². The van der Waals surface area contributed by atoms with E-state index in [0.717, 1.165) is 0 Å². The van der Waals surface area contributed by atoms with E-state index in [4.69, 9.17) is 5.73 Å². The number of aromatic nitrogens is 2. The lowest BCUT2D eigenvalue weighted by Crippen LogP contribution is -2.58. The summed E-state index contributed by atoms with van der Waals surface area (Å²) in [6, 6.07) is -3.80. The monoisotopic (exact) mass is 498 g/mol. The lowest BCUT2D eigenvalue weighted by molar-refractivity contribution is -0.142. The Balaban J connectivity index is 2.88. The fourth-order valence-corrected chi connectivity index (χ4v) is 3.72. The third kappa shape index (κ3) is 10.1. The molecule has 11 nitrogen and oxygen atoms in total. The van der Waals surface area contributed by atoms with Gasteiger partial charge in [0.25, 0.3) is 0 Å². The minimum atomic E-state index is -1.13. The second kappa shape index (κ2) is 14.6. The molecule has 0 spiro atoms. The Morgan fingerprint density at radius 2 is 1.71 bits per heavy atom. The van der Waals surface area contributed by atoms with Crippen molar-refractivity contribution in [3.63, 3.8) is 0 Å². The van der Waals surface area contributed by atoms with Gasteiger partial charge in [0.1, 0.15) is 18.1 Å². The highest BCUT2D eigenvalue weighted by molar-refractivity contribution is 7.98. The number of carbonyl (C=O) groups excluding carboxylic acids is 3. The summed E-state index contributed by atoms with van der Waals surface area (Å²) < 4.78 is 0. The minimum Gasteiger partial charge on any atom is -0.480 e. The largest absolute Gasteiger partial charge is 0.480 e. The number of carbonyl (C=O) groups is 4. The molecule has 0 saturated heterocycles. The molecule has 1 heterocycles. The van der Waals surface area contributed by atoms with Crippen molar-refractivity contribution in [1.82, 2.24) is 25.9 Å². The maximum atomic E-state index is 13.0. The maximum absolute atomic E-state index is 13.0.